The summed E-state index contributed by atoms with van der Waals surface area (Å²) in [5.41, 5.74) is -0.690. The molecule has 32 heavy (non-hydrogen) atoms. The fourth-order valence-electron chi connectivity index (χ4n) is 1.53. The van der Waals surface area contributed by atoms with Gasteiger partial charge in [0.05, 0.1) is 0 Å². The number of rotatable bonds is 0. The van der Waals surface area contributed by atoms with Crippen LogP contribution in [0.15, 0.2) is 68.2 Å². The van der Waals surface area contributed by atoms with Gasteiger partial charge in [0.1, 0.15) is 0 Å². The van der Waals surface area contributed by atoms with Gasteiger partial charge < -0.3 is 19.9 Å². The molecule has 4 aromatic heterocycles. The van der Waals surface area contributed by atoms with Crippen LogP contribution in [-0.2, 0) is 0 Å². The van der Waals surface area contributed by atoms with Crippen molar-refractivity contribution in [1.82, 2.24) is 39.9 Å². The molecule has 0 atom stereocenters. The summed E-state index contributed by atoms with van der Waals surface area (Å²) < 4.78 is 1.44. The number of aromatic nitrogens is 8. The third-order valence-corrected chi connectivity index (χ3v) is 3.62. The lowest BCUT2D eigenvalue weighted by atomic mass is 10.7. The summed E-state index contributed by atoms with van der Waals surface area (Å²) in [5.74, 6) is 0. The van der Waals surface area contributed by atoms with Gasteiger partial charge in [-0.05, 0) is 48.9 Å². The Kier molecular flexibility index (Phi) is 11.9. The maximum atomic E-state index is 10.3. The van der Waals surface area contributed by atoms with E-state index in [1.807, 2.05) is 0 Å². The number of H-pyrrole nitrogens is 8. The molecule has 0 spiro atoms. The molecule has 168 valence electrons. The average Bonchev–Trinajstić information content (AvgIpc) is 2.69. The highest BCUT2D eigenvalue weighted by Gasteiger charge is 1.77. The van der Waals surface area contributed by atoms with Crippen molar-refractivity contribution in [2.45, 2.75) is 0 Å². The second-order valence-corrected chi connectivity index (χ2v) is 6.82. The largest absolute Gasteiger partial charge is 0.339 e. The Hall–Kier alpha value is -3.60. The van der Waals surface area contributed by atoms with E-state index in [9.17, 15) is 19.2 Å². The SMILES string of the molecule is O=c1cc[nH]c(=S)[nH]1.O=c1cc[nH]c(=S)[nH]1.O=c1cc[nH]c(=S)[nH]1.O=c1cc[nH]c(=S)[nH]1. The monoisotopic (exact) mass is 512 g/mol. The maximum Gasteiger partial charge on any atom is 0.251 e. The van der Waals surface area contributed by atoms with Crippen LogP contribution in [0.3, 0.4) is 0 Å². The van der Waals surface area contributed by atoms with Crippen LogP contribution in [0, 0.1) is 19.1 Å². The predicted octanol–water partition coefficient (Wildman–Crippen LogP) is 1.73. The van der Waals surface area contributed by atoms with Crippen LogP contribution in [0.5, 0.6) is 0 Å². The molecule has 0 unspecified atom stereocenters. The van der Waals surface area contributed by atoms with Crippen molar-refractivity contribution in [3.63, 3.8) is 0 Å². The summed E-state index contributed by atoms with van der Waals surface area (Å²) in [5, 5.41) is 0. The van der Waals surface area contributed by atoms with E-state index in [0.29, 0.717) is 19.1 Å². The number of hydrogen-bond donors (Lipinski definition) is 8. The zero-order chi connectivity index (χ0) is 23.9. The summed E-state index contributed by atoms with van der Waals surface area (Å²) in [6, 6.07) is 5.48. The van der Waals surface area contributed by atoms with Gasteiger partial charge in [-0.1, -0.05) is 0 Å². The van der Waals surface area contributed by atoms with E-state index in [0.717, 1.165) is 0 Å². The highest BCUT2D eigenvalue weighted by Crippen LogP contribution is 1.69. The van der Waals surface area contributed by atoms with E-state index in [4.69, 9.17) is 0 Å². The van der Waals surface area contributed by atoms with Gasteiger partial charge in [0.15, 0.2) is 19.1 Å². The highest BCUT2D eigenvalue weighted by atomic mass is 32.1. The minimum absolute atomic E-state index is 0.172. The Labute approximate surface area is 197 Å². The van der Waals surface area contributed by atoms with Crippen molar-refractivity contribution in [1.29, 1.82) is 0 Å². The van der Waals surface area contributed by atoms with Gasteiger partial charge in [0.25, 0.3) is 22.2 Å². The molecular weight excluding hydrogens is 496 g/mol. The first kappa shape index (κ1) is 26.4. The van der Waals surface area contributed by atoms with Crippen molar-refractivity contribution in [2.75, 3.05) is 0 Å². The number of nitrogens with one attached hydrogen (secondary N) is 8. The molecular formula is C16H16N8O4S4. The quantitative estimate of drug-likeness (QED) is 0.163. The lowest BCUT2D eigenvalue weighted by molar-refractivity contribution is 1.09. The fourth-order valence-corrected chi connectivity index (χ4v) is 2.21. The Morgan fingerprint density at radius 2 is 0.594 bits per heavy atom. The topological polar surface area (TPSA) is 195 Å². The second kappa shape index (κ2) is 14.4. The zero-order valence-corrected chi connectivity index (χ0v) is 19.2. The molecule has 0 bridgehead atoms. The standard InChI is InChI=1S/4C4H4N2OS/c4*7-3-1-2-5-4(8)6-3/h4*1-2H,(H2,5,6,7,8). The Bertz CT molecular complexity index is 1230. The summed E-state index contributed by atoms with van der Waals surface area (Å²) >= 11 is 18.4. The van der Waals surface area contributed by atoms with Crippen LogP contribution in [0.25, 0.3) is 0 Å². The van der Waals surface area contributed by atoms with Gasteiger partial charge in [0, 0.05) is 49.1 Å². The van der Waals surface area contributed by atoms with Crippen molar-refractivity contribution >= 4 is 48.9 Å². The van der Waals surface area contributed by atoms with Gasteiger partial charge in [-0.3, -0.25) is 39.1 Å². The number of hydrogen-bond acceptors (Lipinski definition) is 8. The summed E-state index contributed by atoms with van der Waals surface area (Å²) in [6.45, 7) is 0. The maximum absolute atomic E-state index is 10.3. The van der Waals surface area contributed by atoms with Crippen LogP contribution in [0.2, 0.25) is 0 Å². The summed E-state index contributed by atoms with van der Waals surface area (Å²) in [6.07, 6.45) is 6.00. The summed E-state index contributed by atoms with van der Waals surface area (Å²) in [4.78, 5) is 61.4. The van der Waals surface area contributed by atoms with Crippen LogP contribution < -0.4 is 22.2 Å². The smallest absolute Gasteiger partial charge is 0.251 e. The van der Waals surface area contributed by atoms with E-state index < -0.39 is 0 Å². The molecule has 0 radical (unpaired) electrons. The molecule has 0 aliphatic heterocycles. The van der Waals surface area contributed by atoms with Gasteiger partial charge in [-0.2, -0.15) is 0 Å². The Morgan fingerprint density at radius 3 is 0.688 bits per heavy atom. The number of aromatic amines is 8. The lowest BCUT2D eigenvalue weighted by Gasteiger charge is -1.78. The minimum Gasteiger partial charge on any atom is -0.339 e. The molecule has 0 aliphatic rings. The highest BCUT2D eigenvalue weighted by molar-refractivity contribution is 7.71. The molecule has 0 saturated carbocycles. The minimum atomic E-state index is -0.172. The average molecular weight is 513 g/mol. The van der Waals surface area contributed by atoms with Crippen LogP contribution in [-0.4, -0.2) is 39.9 Å². The zero-order valence-electron chi connectivity index (χ0n) is 15.9. The molecule has 4 heterocycles. The molecule has 4 aromatic rings. The third kappa shape index (κ3) is 12.9. The first-order chi connectivity index (χ1) is 15.2. The van der Waals surface area contributed by atoms with Gasteiger partial charge >= 0.3 is 0 Å². The van der Waals surface area contributed by atoms with Crippen molar-refractivity contribution in [3.05, 3.63) is 110 Å². The van der Waals surface area contributed by atoms with Gasteiger partial charge in [-0.15, -0.1) is 0 Å². The second-order valence-electron chi connectivity index (χ2n) is 5.18. The van der Waals surface area contributed by atoms with Crippen molar-refractivity contribution < 1.29 is 0 Å². The fraction of sp³-hybridized carbons (Fsp3) is 0. The molecule has 0 aromatic carbocycles. The van der Waals surface area contributed by atoms with E-state index >= 15 is 0 Å². The Morgan fingerprint density at radius 1 is 0.406 bits per heavy atom. The summed E-state index contributed by atoms with van der Waals surface area (Å²) in [7, 11) is 0. The lowest BCUT2D eigenvalue weighted by Crippen LogP contribution is -2.02. The molecule has 4 rings (SSSR count). The Balaban J connectivity index is 0.000000213. The normalized spacial score (nSPS) is 9.00. The van der Waals surface area contributed by atoms with Crippen molar-refractivity contribution in [3.8, 4) is 0 Å². The predicted molar refractivity (Wildman–Crippen MR) is 129 cm³/mol. The van der Waals surface area contributed by atoms with E-state index in [-0.39, 0.29) is 22.2 Å². The molecule has 16 heteroatoms. The first-order valence-corrected chi connectivity index (χ1v) is 9.91. The molecule has 0 saturated heterocycles. The van der Waals surface area contributed by atoms with Gasteiger partial charge in [0.2, 0.25) is 0 Å². The molecule has 0 fully saturated rings. The molecule has 12 nitrogen and oxygen atoms in total. The van der Waals surface area contributed by atoms with Crippen LogP contribution >= 0.6 is 48.9 Å². The molecule has 8 N–H and O–H groups in total. The van der Waals surface area contributed by atoms with E-state index in [2.05, 4.69) is 88.7 Å². The molecule has 0 amide bonds. The third-order valence-electron chi connectivity index (χ3n) is 2.74. The van der Waals surface area contributed by atoms with Gasteiger partial charge in [-0.25, -0.2) is 0 Å². The van der Waals surface area contributed by atoms with E-state index in [1.54, 1.807) is 0 Å². The van der Waals surface area contributed by atoms with E-state index in [1.165, 1.54) is 49.1 Å². The van der Waals surface area contributed by atoms with Crippen molar-refractivity contribution in [2.24, 2.45) is 0 Å². The van der Waals surface area contributed by atoms with Crippen LogP contribution in [0.4, 0.5) is 0 Å². The van der Waals surface area contributed by atoms with Crippen LogP contribution in [0.1, 0.15) is 0 Å². The molecule has 0 aliphatic carbocycles. The first-order valence-electron chi connectivity index (χ1n) is 8.28.